The molecule has 0 aliphatic rings. The first kappa shape index (κ1) is 20.8. The zero-order valence-corrected chi connectivity index (χ0v) is 16.0. The smallest absolute Gasteiger partial charge is 0.405 e. The van der Waals surface area contributed by atoms with Crippen LogP contribution in [0.4, 0.5) is 0 Å². The van der Waals surface area contributed by atoms with Gasteiger partial charge >= 0.3 is 13.7 Å². The quantitative estimate of drug-likeness (QED) is 0.653. The summed E-state index contributed by atoms with van der Waals surface area (Å²) in [6.45, 7) is 10.5. The molecular weight excluding hydrogens is 329 g/mol. The summed E-state index contributed by atoms with van der Waals surface area (Å²) in [4.78, 5) is 11.1. The van der Waals surface area contributed by atoms with E-state index in [1.165, 1.54) is 0 Å². The van der Waals surface area contributed by atoms with Gasteiger partial charge in [0.2, 0.25) is 0 Å². The normalized spacial score (nSPS) is 12.4. The van der Waals surface area contributed by atoms with Crippen LogP contribution in [0, 0.1) is 0 Å². The predicted molar refractivity (Wildman–Crippen MR) is 94.2 cm³/mol. The van der Waals surface area contributed by atoms with Gasteiger partial charge in [0.05, 0.1) is 19.6 Å². The molecule has 24 heavy (non-hydrogen) atoms. The van der Waals surface area contributed by atoms with Crippen molar-refractivity contribution in [2.45, 2.75) is 53.0 Å². The Bertz CT molecular complexity index is 599. The molecule has 0 bridgehead atoms. The monoisotopic (exact) mass is 357 g/mol. The van der Waals surface area contributed by atoms with Crippen LogP contribution < -0.4 is 5.09 Å². The summed E-state index contributed by atoms with van der Waals surface area (Å²) in [6, 6.07) is 5.61. The van der Waals surface area contributed by atoms with Gasteiger partial charge in [0.15, 0.2) is 0 Å². The van der Waals surface area contributed by atoms with Crippen LogP contribution in [0.25, 0.3) is 0 Å². The van der Waals surface area contributed by atoms with E-state index in [1.54, 1.807) is 13.8 Å². The van der Waals surface area contributed by atoms with E-state index in [1.807, 2.05) is 39.0 Å². The molecule has 0 atom stereocenters. The average Bonchev–Trinajstić information content (AvgIpc) is 2.45. The first-order valence-corrected chi connectivity index (χ1v) is 9.64. The topological polar surface area (TPSA) is 84.9 Å². The van der Waals surface area contributed by atoms with E-state index in [9.17, 15) is 9.36 Å². The van der Waals surface area contributed by atoms with Gasteiger partial charge in [0.1, 0.15) is 0 Å². The fourth-order valence-electron chi connectivity index (χ4n) is 2.41. The van der Waals surface area contributed by atoms with Crippen molar-refractivity contribution in [3.63, 3.8) is 0 Å². The molecule has 0 spiro atoms. The molecule has 0 aromatic heterocycles. The van der Waals surface area contributed by atoms with Crippen molar-refractivity contribution in [2.24, 2.45) is 0 Å². The largest absolute Gasteiger partial charge is 0.481 e. The number of benzene rings is 1. The van der Waals surface area contributed by atoms with Crippen molar-refractivity contribution in [1.29, 1.82) is 0 Å². The molecular formula is C17H28NO5P. The summed E-state index contributed by atoms with van der Waals surface area (Å²) in [5, 5.41) is 11.9. The summed E-state index contributed by atoms with van der Waals surface area (Å²) >= 11 is 0. The molecule has 0 saturated carbocycles. The molecule has 1 aromatic carbocycles. The summed E-state index contributed by atoms with van der Waals surface area (Å²) in [5.41, 5.74) is 2.46. The van der Waals surface area contributed by atoms with Crippen LogP contribution in [0.15, 0.2) is 18.2 Å². The van der Waals surface area contributed by atoms with Gasteiger partial charge in [-0.1, -0.05) is 39.0 Å². The van der Waals surface area contributed by atoms with Gasteiger partial charge in [-0.15, -0.1) is 0 Å². The first-order chi connectivity index (χ1) is 11.1. The molecule has 136 valence electrons. The van der Waals surface area contributed by atoms with Crippen LogP contribution in [-0.4, -0.2) is 24.3 Å². The van der Waals surface area contributed by atoms with E-state index in [-0.39, 0.29) is 25.0 Å². The second kappa shape index (κ2) is 8.77. The van der Waals surface area contributed by atoms with E-state index >= 15 is 0 Å². The number of nitrogens with one attached hydrogen (secondary N) is 1. The molecule has 0 unspecified atom stereocenters. The fourth-order valence-corrected chi connectivity index (χ4v) is 3.72. The molecule has 1 aromatic rings. The standard InChI is InChI=1S/C17H28NO5P/c1-6-22-24(21,23-7-2)18-12-13-8-9-14(11-16(19)20)15(10-13)17(3,4)5/h8-10H,6-7,11-12H2,1-5H3,(H,18,21)(H,19,20). The van der Waals surface area contributed by atoms with Gasteiger partial charge in [0.25, 0.3) is 0 Å². The Morgan fingerprint density at radius 2 is 1.79 bits per heavy atom. The van der Waals surface area contributed by atoms with E-state index < -0.39 is 13.7 Å². The highest BCUT2D eigenvalue weighted by Crippen LogP contribution is 2.43. The van der Waals surface area contributed by atoms with Crippen molar-refractivity contribution >= 4 is 13.7 Å². The zero-order valence-electron chi connectivity index (χ0n) is 15.1. The average molecular weight is 357 g/mol. The van der Waals surface area contributed by atoms with Crippen molar-refractivity contribution in [1.82, 2.24) is 5.09 Å². The highest BCUT2D eigenvalue weighted by atomic mass is 31.2. The molecule has 0 aliphatic carbocycles. The maximum absolute atomic E-state index is 12.4. The SMILES string of the molecule is CCOP(=O)(NCc1ccc(CC(=O)O)c(C(C)(C)C)c1)OCC. The number of aliphatic carboxylic acids is 1. The Morgan fingerprint density at radius 3 is 2.25 bits per heavy atom. The molecule has 0 radical (unpaired) electrons. The molecule has 0 saturated heterocycles. The third-order valence-corrected chi connectivity index (χ3v) is 5.14. The lowest BCUT2D eigenvalue weighted by atomic mass is 9.82. The molecule has 6 nitrogen and oxygen atoms in total. The van der Waals surface area contributed by atoms with Crippen molar-refractivity contribution in [2.75, 3.05) is 13.2 Å². The van der Waals surface area contributed by atoms with Crippen LogP contribution in [0.2, 0.25) is 0 Å². The lowest BCUT2D eigenvalue weighted by molar-refractivity contribution is -0.136. The van der Waals surface area contributed by atoms with Crippen LogP contribution >= 0.6 is 7.75 Å². The highest BCUT2D eigenvalue weighted by Gasteiger charge is 2.24. The van der Waals surface area contributed by atoms with Gasteiger partial charge in [-0.3, -0.25) is 13.8 Å². The minimum atomic E-state index is -3.32. The number of hydrogen-bond donors (Lipinski definition) is 2. The van der Waals surface area contributed by atoms with Crippen molar-refractivity contribution in [3.8, 4) is 0 Å². The van der Waals surface area contributed by atoms with Gasteiger partial charge in [-0.2, -0.15) is 0 Å². The number of carboxylic acids is 1. The Hall–Kier alpha value is -1.20. The third-order valence-electron chi connectivity index (χ3n) is 3.40. The number of carbonyl (C=O) groups is 1. The summed E-state index contributed by atoms with van der Waals surface area (Å²) in [5.74, 6) is -0.858. The molecule has 1 rings (SSSR count). The lowest BCUT2D eigenvalue weighted by Gasteiger charge is -2.24. The minimum Gasteiger partial charge on any atom is -0.481 e. The van der Waals surface area contributed by atoms with Crippen molar-refractivity contribution in [3.05, 3.63) is 34.9 Å². The van der Waals surface area contributed by atoms with Crippen molar-refractivity contribution < 1.29 is 23.5 Å². The van der Waals surface area contributed by atoms with Gasteiger partial charge in [0, 0.05) is 6.54 Å². The van der Waals surface area contributed by atoms with Gasteiger partial charge < -0.3 is 5.11 Å². The second-order valence-electron chi connectivity index (χ2n) is 6.48. The number of hydrogen-bond acceptors (Lipinski definition) is 4. The summed E-state index contributed by atoms with van der Waals surface area (Å²) < 4.78 is 22.9. The Morgan fingerprint density at radius 1 is 1.21 bits per heavy atom. The van der Waals surface area contributed by atoms with Gasteiger partial charge in [-0.05, 0) is 36.0 Å². The first-order valence-electron chi connectivity index (χ1n) is 8.09. The molecule has 0 fully saturated rings. The highest BCUT2D eigenvalue weighted by molar-refractivity contribution is 7.51. The van der Waals surface area contributed by atoms with Crippen LogP contribution in [-0.2, 0) is 36.8 Å². The van der Waals surface area contributed by atoms with E-state index in [0.29, 0.717) is 6.54 Å². The lowest BCUT2D eigenvalue weighted by Crippen LogP contribution is -2.19. The maximum Gasteiger partial charge on any atom is 0.405 e. The Balaban J connectivity index is 3.01. The predicted octanol–water partition coefficient (Wildman–Crippen LogP) is 3.88. The van der Waals surface area contributed by atoms with E-state index in [0.717, 1.165) is 16.7 Å². The molecule has 0 amide bonds. The number of carboxylic acid groups (broad SMARTS) is 1. The van der Waals surface area contributed by atoms with Crippen LogP contribution in [0.3, 0.4) is 0 Å². The zero-order chi connectivity index (χ0) is 18.4. The second-order valence-corrected chi connectivity index (χ2v) is 8.31. The van der Waals surface area contributed by atoms with Crippen LogP contribution in [0.5, 0.6) is 0 Å². The molecule has 7 heteroatoms. The molecule has 2 N–H and O–H groups in total. The van der Waals surface area contributed by atoms with E-state index in [2.05, 4.69) is 5.09 Å². The van der Waals surface area contributed by atoms with Crippen LogP contribution in [0.1, 0.15) is 51.3 Å². The fraction of sp³-hybridized carbons (Fsp3) is 0.588. The van der Waals surface area contributed by atoms with E-state index in [4.69, 9.17) is 14.2 Å². The summed E-state index contributed by atoms with van der Waals surface area (Å²) in [6.07, 6.45) is -0.0172. The van der Waals surface area contributed by atoms with Gasteiger partial charge in [-0.25, -0.2) is 9.65 Å². The molecule has 0 aliphatic heterocycles. The Kier molecular flexibility index (Phi) is 7.61. The maximum atomic E-state index is 12.4. The third kappa shape index (κ3) is 6.36. The summed E-state index contributed by atoms with van der Waals surface area (Å²) in [7, 11) is -3.32. The minimum absolute atomic E-state index is 0.0172. The number of rotatable bonds is 9. The Labute approximate surface area is 144 Å². The molecule has 0 heterocycles.